The monoisotopic (exact) mass is 271 g/mol. The Morgan fingerprint density at radius 1 is 0.842 bits per heavy atom. The number of nitrogens with zero attached hydrogens (tertiary/aromatic N) is 1. The smallest absolute Gasteiger partial charge is 0.178 e. The second-order valence-corrected chi connectivity index (χ2v) is 3.76. The highest BCUT2D eigenvalue weighted by Crippen LogP contribution is 2.02. The van der Waals surface area contributed by atoms with E-state index in [-0.39, 0.29) is 18.2 Å². The van der Waals surface area contributed by atoms with E-state index in [0.29, 0.717) is 0 Å². The van der Waals surface area contributed by atoms with Gasteiger partial charge in [-0.1, -0.05) is 42.5 Å². The van der Waals surface area contributed by atoms with Crippen molar-refractivity contribution in [2.75, 3.05) is 0 Å². The third kappa shape index (κ3) is 5.32. The van der Waals surface area contributed by atoms with Gasteiger partial charge in [-0.15, -0.1) is 12.4 Å². The van der Waals surface area contributed by atoms with Gasteiger partial charge in [0.2, 0.25) is 0 Å². The largest absolute Gasteiger partial charge is 0.290 e. The number of halogens is 1. The molecule has 19 heavy (non-hydrogen) atoms. The van der Waals surface area contributed by atoms with Crippen LogP contribution in [0.2, 0.25) is 0 Å². The fourth-order valence-electron chi connectivity index (χ4n) is 1.45. The Bertz CT molecular complexity index is 510. The average molecular weight is 272 g/mol. The first-order valence-electron chi connectivity index (χ1n) is 5.70. The molecule has 0 N–H and O–H groups in total. The number of rotatable bonds is 4. The summed E-state index contributed by atoms with van der Waals surface area (Å²) in [4.78, 5) is 15.5. The van der Waals surface area contributed by atoms with E-state index >= 15 is 0 Å². The minimum absolute atomic E-state index is 0. The zero-order chi connectivity index (χ0) is 12.6. The van der Waals surface area contributed by atoms with Crippen molar-refractivity contribution < 1.29 is 4.79 Å². The Kier molecular flexibility index (Phi) is 6.27. The molecule has 2 aromatic rings. The summed E-state index contributed by atoms with van der Waals surface area (Å²) in [7, 11) is 0. The average Bonchev–Trinajstić information content (AvgIpc) is 2.45. The topological polar surface area (TPSA) is 30.0 Å². The van der Waals surface area contributed by atoms with Gasteiger partial charge in [-0.2, -0.15) is 0 Å². The highest BCUT2D eigenvalue weighted by molar-refractivity contribution is 6.04. The highest BCUT2D eigenvalue weighted by atomic mass is 35.5. The Hall–Kier alpha value is -2.19. The van der Waals surface area contributed by atoms with Gasteiger partial charge >= 0.3 is 0 Å². The molecule has 2 rings (SSSR count). The molecule has 0 aliphatic carbocycles. The summed E-state index contributed by atoms with van der Waals surface area (Å²) in [6.45, 7) is 0. The van der Waals surface area contributed by atoms with Crippen molar-refractivity contribution in [2.24, 2.45) is 0 Å². The van der Waals surface area contributed by atoms with Gasteiger partial charge in [-0.05, 0) is 35.4 Å². The lowest BCUT2D eigenvalue weighted by Crippen LogP contribution is -1.84. The molecule has 0 atom stereocenters. The van der Waals surface area contributed by atoms with E-state index in [1.165, 1.54) is 0 Å². The van der Waals surface area contributed by atoms with Crippen LogP contribution in [0.25, 0.3) is 12.2 Å². The molecule has 0 bridgehead atoms. The first kappa shape index (κ1) is 14.9. The molecule has 0 amide bonds. The van der Waals surface area contributed by atoms with Crippen LogP contribution in [0.1, 0.15) is 11.1 Å². The van der Waals surface area contributed by atoms with Gasteiger partial charge in [-0.25, -0.2) is 0 Å². The Morgan fingerprint density at radius 2 is 1.37 bits per heavy atom. The molecule has 3 heteroatoms. The van der Waals surface area contributed by atoms with Gasteiger partial charge in [0.05, 0.1) is 0 Å². The van der Waals surface area contributed by atoms with E-state index < -0.39 is 0 Å². The normalized spacial score (nSPS) is 10.5. The van der Waals surface area contributed by atoms with E-state index in [4.69, 9.17) is 0 Å². The lowest BCUT2D eigenvalue weighted by molar-refractivity contribution is -0.110. The van der Waals surface area contributed by atoms with Crippen molar-refractivity contribution in [3.05, 3.63) is 78.1 Å². The van der Waals surface area contributed by atoms with E-state index in [0.717, 1.165) is 11.1 Å². The summed E-state index contributed by atoms with van der Waals surface area (Å²) < 4.78 is 0. The minimum atomic E-state index is -0.0318. The van der Waals surface area contributed by atoms with E-state index in [2.05, 4.69) is 4.98 Å². The molecule has 0 aliphatic rings. The van der Waals surface area contributed by atoms with E-state index in [1.54, 1.807) is 36.7 Å². The summed E-state index contributed by atoms with van der Waals surface area (Å²) >= 11 is 0. The van der Waals surface area contributed by atoms with Gasteiger partial charge in [0.1, 0.15) is 0 Å². The maximum atomic E-state index is 11.6. The van der Waals surface area contributed by atoms with Crippen molar-refractivity contribution in [3.8, 4) is 0 Å². The molecule has 1 aromatic heterocycles. The second-order valence-electron chi connectivity index (χ2n) is 3.76. The number of ketones is 1. The predicted molar refractivity (Wildman–Crippen MR) is 81.0 cm³/mol. The van der Waals surface area contributed by atoms with E-state index in [1.807, 2.05) is 42.5 Å². The number of pyridine rings is 1. The number of carbonyl (C=O) groups excluding carboxylic acids is 1. The maximum Gasteiger partial charge on any atom is 0.178 e. The van der Waals surface area contributed by atoms with E-state index in [9.17, 15) is 4.79 Å². The van der Waals surface area contributed by atoms with Gasteiger partial charge in [0.25, 0.3) is 0 Å². The SMILES string of the molecule is Cl.O=C(/C=C/c1ccccc1)/C=C/c1ccncc1. The number of benzene rings is 1. The predicted octanol–water partition coefficient (Wildman–Crippen LogP) is 3.80. The van der Waals surface area contributed by atoms with Crippen molar-refractivity contribution in [1.82, 2.24) is 4.98 Å². The fraction of sp³-hybridized carbons (Fsp3) is 0. The van der Waals surface area contributed by atoms with Crippen LogP contribution in [-0.4, -0.2) is 10.8 Å². The molecular formula is C16H14ClNO. The minimum Gasteiger partial charge on any atom is -0.290 e. The van der Waals surface area contributed by atoms with Crippen LogP contribution in [0.15, 0.2) is 67.0 Å². The molecule has 0 saturated carbocycles. The molecule has 0 fully saturated rings. The van der Waals surface area contributed by atoms with Gasteiger partial charge in [0.15, 0.2) is 5.78 Å². The molecule has 2 nitrogen and oxygen atoms in total. The summed E-state index contributed by atoms with van der Waals surface area (Å²) in [6, 6.07) is 13.4. The first-order chi connectivity index (χ1) is 8.84. The summed E-state index contributed by atoms with van der Waals surface area (Å²) in [5.41, 5.74) is 1.98. The fourth-order valence-corrected chi connectivity index (χ4v) is 1.45. The molecule has 1 aromatic carbocycles. The van der Waals surface area contributed by atoms with Crippen molar-refractivity contribution >= 4 is 30.3 Å². The van der Waals surface area contributed by atoms with Gasteiger partial charge < -0.3 is 0 Å². The molecule has 0 unspecified atom stereocenters. The van der Waals surface area contributed by atoms with Crippen LogP contribution in [0, 0.1) is 0 Å². The first-order valence-corrected chi connectivity index (χ1v) is 5.70. The third-order valence-electron chi connectivity index (χ3n) is 2.39. The van der Waals surface area contributed by atoms with Gasteiger partial charge in [0, 0.05) is 12.4 Å². The van der Waals surface area contributed by atoms with Crippen LogP contribution in [0.3, 0.4) is 0 Å². The molecule has 1 heterocycles. The van der Waals surface area contributed by atoms with Crippen LogP contribution in [-0.2, 0) is 4.79 Å². The third-order valence-corrected chi connectivity index (χ3v) is 2.39. The lowest BCUT2D eigenvalue weighted by atomic mass is 10.2. The number of allylic oxidation sites excluding steroid dienone is 2. The molecule has 0 radical (unpaired) electrons. The van der Waals surface area contributed by atoms with Crippen LogP contribution in [0.4, 0.5) is 0 Å². The highest BCUT2D eigenvalue weighted by Gasteiger charge is 1.90. The number of aromatic nitrogens is 1. The zero-order valence-electron chi connectivity index (χ0n) is 10.3. The number of hydrogen-bond donors (Lipinski definition) is 0. The quantitative estimate of drug-likeness (QED) is 0.792. The molecular weight excluding hydrogens is 258 g/mol. The summed E-state index contributed by atoms with van der Waals surface area (Å²) in [5.74, 6) is -0.0318. The zero-order valence-corrected chi connectivity index (χ0v) is 11.1. The Morgan fingerprint density at radius 3 is 1.95 bits per heavy atom. The van der Waals surface area contributed by atoms with Crippen LogP contribution < -0.4 is 0 Å². The van der Waals surface area contributed by atoms with Gasteiger partial charge in [-0.3, -0.25) is 9.78 Å². The molecule has 0 saturated heterocycles. The standard InChI is InChI=1S/C16H13NO.ClH/c18-16(8-6-14-4-2-1-3-5-14)9-7-15-10-12-17-13-11-15;/h1-13H;1H/b8-6+,9-7+;. The van der Waals surface area contributed by atoms with Crippen LogP contribution in [0.5, 0.6) is 0 Å². The summed E-state index contributed by atoms with van der Waals surface area (Å²) in [6.07, 6.45) is 10.1. The van der Waals surface area contributed by atoms with Crippen molar-refractivity contribution in [2.45, 2.75) is 0 Å². The lowest BCUT2D eigenvalue weighted by Gasteiger charge is -1.91. The molecule has 0 aliphatic heterocycles. The Balaban J connectivity index is 0.00000180. The second kappa shape index (κ2) is 8.01. The van der Waals surface area contributed by atoms with Crippen molar-refractivity contribution in [3.63, 3.8) is 0 Å². The summed E-state index contributed by atoms with van der Waals surface area (Å²) in [5, 5.41) is 0. The van der Waals surface area contributed by atoms with Crippen LogP contribution >= 0.6 is 12.4 Å². The molecule has 0 spiro atoms. The Labute approximate surface area is 118 Å². The maximum absolute atomic E-state index is 11.6. The van der Waals surface area contributed by atoms with Crippen molar-refractivity contribution in [1.29, 1.82) is 0 Å². The molecule has 96 valence electrons. The number of carbonyl (C=O) groups is 1. The number of hydrogen-bond acceptors (Lipinski definition) is 2.